The maximum atomic E-state index is 8.50. The number of rotatable bonds is 0. The Balaban J connectivity index is 0. The molecule has 0 aromatic heterocycles. The van der Waals surface area contributed by atoms with Crippen molar-refractivity contribution in [2.45, 2.75) is 0 Å². The predicted octanol–water partition coefficient (Wildman–Crippen LogP) is -0.397. The molecule has 4 heavy (non-hydrogen) atoms. The maximum absolute atomic E-state index is 8.50. The molecule has 0 saturated carbocycles. The zero-order chi connectivity index (χ0) is 2.71. The molecule has 18 valence electrons. The van der Waals surface area contributed by atoms with Crippen LogP contribution in [0, 0.1) is 0 Å². The molecule has 3 heteroatoms. The molecular formula is CHCsOS. The van der Waals surface area contributed by atoms with Gasteiger partial charge in [-0.2, -0.15) is 0 Å². The number of thiocarbonyl (C=S) groups is 1. The van der Waals surface area contributed by atoms with Crippen molar-refractivity contribution in [3.63, 3.8) is 0 Å². The van der Waals surface area contributed by atoms with E-state index in [2.05, 4.69) is 12.2 Å². The van der Waals surface area contributed by atoms with Gasteiger partial charge in [-0.25, -0.2) is 4.79 Å². The Hall–Kier alpha value is 1.85. The van der Waals surface area contributed by atoms with E-state index in [-0.39, 0.29) is 68.9 Å². The van der Waals surface area contributed by atoms with Gasteiger partial charge < -0.3 is 0 Å². The summed E-state index contributed by atoms with van der Waals surface area (Å²) in [4.78, 5) is 8.50. The second kappa shape index (κ2) is 8.85. The Bertz CT molecular complexity index is 29.0. The molecule has 0 radical (unpaired) electrons. The van der Waals surface area contributed by atoms with Crippen LogP contribution < -0.4 is 0 Å². The second-order valence-electron chi connectivity index (χ2n) is 0.0833. The molecule has 0 aliphatic carbocycles. The normalized spacial score (nSPS) is 2.00. The van der Waals surface area contributed by atoms with E-state index in [4.69, 9.17) is 4.79 Å². The van der Waals surface area contributed by atoms with Crippen molar-refractivity contribution in [2.75, 3.05) is 0 Å². The fraction of sp³-hybridized carbons (Fsp3) is 0. The van der Waals surface area contributed by atoms with Crippen LogP contribution in [-0.2, 0) is 4.79 Å². The summed E-state index contributed by atoms with van der Waals surface area (Å²) in [6.45, 7) is 0. The van der Waals surface area contributed by atoms with E-state index < -0.39 is 0 Å². The first-order valence-corrected chi connectivity index (χ1v) is 0.816. The summed E-state index contributed by atoms with van der Waals surface area (Å²) in [5.41, 5.74) is 0. The molecule has 0 aromatic rings. The minimum absolute atomic E-state index is 0. The average molecular weight is 194 g/mol. The molecule has 0 rings (SSSR count). The molecule has 0 fully saturated rings. The summed E-state index contributed by atoms with van der Waals surface area (Å²) in [5, 5.41) is 1.08. The summed E-state index contributed by atoms with van der Waals surface area (Å²) in [6, 6.07) is 0. The molecule has 0 atom stereocenters. The molecule has 0 unspecified atom stereocenters. The van der Waals surface area contributed by atoms with Gasteiger partial charge in [-0.1, -0.05) is 0 Å². The van der Waals surface area contributed by atoms with Crippen LogP contribution in [0.15, 0.2) is 0 Å². The van der Waals surface area contributed by atoms with Gasteiger partial charge in [0.1, 0.15) is 0 Å². The summed E-state index contributed by atoms with van der Waals surface area (Å²) in [6.07, 6.45) is 0. The van der Waals surface area contributed by atoms with E-state index in [0.29, 0.717) is 0 Å². The van der Waals surface area contributed by atoms with Crippen LogP contribution in [0.5, 0.6) is 0 Å². The zero-order valence-corrected chi connectivity index (χ0v) is 2.13. The minimum atomic E-state index is 0. The molecule has 0 aliphatic rings. The van der Waals surface area contributed by atoms with Crippen LogP contribution >= 0.6 is 12.2 Å². The fourth-order valence-electron chi connectivity index (χ4n) is 0. The van der Waals surface area contributed by atoms with Crippen LogP contribution in [0.1, 0.15) is 0 Å². The molecule has 0 N–H and O–H groups in total. The number of hydrogen-bond donors (Lipinski definition) is 0. The van der Waals surface area contributed by atoms with Crippen molar-refractivity contribution in [2.24, 2.45) is 0 Å². The van der Waals surface area contributed by atoms with Crippen LogP contribution in [0.4, 0.5) is 0 Å². The molecule has 0 saturated heterocycles. The summed E-state index contributed by atoms with van der Waals surface area (Å²) >= 11 is 3.59. The third-order valence-electron chi connectivity index (χ3n) is 0. The molecule has 0 aliphatic heterocycles. The van der Waals surface area contributed by atoms with Crippen molar-refractivity contribution in [1.29, 1.82) is 0 Å². The van der Waals surface area contributed by atoms with Gasteiger partial charge in [-0.15, -0.1) is 0 Å². The summed E-state index contributed by atoms with van der Waals surface area (Å²) in [5.74, 6) is 0. The van der Waals surface area contributed by atoms with Gasteiger partial charge in [0.05, 0.1) is 0 Å². The molecule has 0 spiro atoms. The number of hydrogen-bond acceptors (Lipinski definition) is 2. The second-order valence-corrected chi connectivity index (χ2v) is 0.250. The van der Waals surface area contributed by atoms with Crippen LogP contribution in [0.2, 0.25) is 0 Å². The Morgan fingerprint density at radius 2 is 1.75 bits per heavy atom. The quantitative estimate of drug-likeness (QED) is 0.488. The molecule has 0 heterocycles. The average Bonchev–Trinajstić information content (AvgIpc) is 0.918. The van der Waals surface area contributed by atoms with E-state index >= 15 is 0 Å². The fourth-order valence-corrected chi connectivity index (χ4v) is 0. The first-order valence-electron chi connectivity index (χ1n) is 0.408. The molecule has 0 amide bonds. The van der Waals surface area contributed by atoms with E-state index in [0.717, 1.165) is 5.23 Å². The molecular weight excluding hydrogens is 193 g/mol. The van der Waals surface area contributed by atoms with E-state index in [1.165, 1.54) is 0 Å². The summed E-state index contributed by atoms with van der Waals surface area (Å²) in [7, 11) is 0. The molecule has 0 bridgehead atoms. The van der Waals surface area contributed by atoms with Gasteiger partial charge in [0.15, 0.2) is 0 Å². The Morgan fingerprint density at radius 1 is 1.75 bits per heavy atom. The van der Waals surface area contributed by atoms with Gasteiger partial charge in [0.25, 0.3) is 0 Å². The van der Waals surface area contributed by atoms with Gasteiger partial charge in [0.2, 0.25) is 5.23 Å². The monoisotopic (exact) mass is 194 g/mol. The van der Waals surface area contributed by atoms with Crippen molar-refractivity contribution < 1.29 is 4.79 Å². The van der Waals surface area contributed by atoms with Crippen molar-refractivity contribution >= 4 is 86.3 Å². The first-order chi connectivity index (χ1) is 1.41. The van der Waals surface area contributed by atoms with Crippen LogP contribution in [-0.4, -0.2) is 74.1 Å². The Morgan fingerprint density at radius 3 is 1.75 bits per heavy atom. The predicted molar refractivity (Wildman–Crippen MR) is 20.4 cm³/mol. The standard InChI is InChI=1S/COS.Cs.H/c2-1-3;;. The van der Waals surface area contributed by atoms with E-state index in [1.54, 1.807) is 0 Å². The molecule has 1 nitrogen and oxygen atoms in total. The Labute approximate surface area is 88.6 Å². The van der Waals surface area contributed by atoms with Crippen molar-refractivity contribution in [3.8, 4) is 0 Å². The van der Waals surface area contributed by atoms with Gasteiger partial charge in [-0.05, 0) is 0 Å². The SMILES string of the molecule is O=C=S.[CsH]. The zero-order valence-electron chi connectivity index (χ0n) is 1.32. The topological polar surface area (TPSA) is 17.1 Å². The summed E-state index contributed by atoms with van der Waals surface area (Å²) < 4.78 is 0. The van der Waals surface area contributed by atoms with Crippen LogP contribution in [0.25, 0.3) is 0 Å². The third kappa shape index (κ3) is 9.13. The van der Waals surface area contributed by atoms with Crippen molar-refractivity contribution in [3.05, 3.63) is 0 Å². The van der Waals surface area contributed by atoms with Crippen LogP contribution in [0.3, 0.4) is 0 Å². The first kappa shape index (κ1) is 9.28. The number of carbonyl (C=O) groups excluding carboxylic acids is 1. The van der Waals surface area contributed by atoms with E-state index in [9.17, 15) is 0 Å². The Kier molecular flexibility index (Phi) is 20.5. The van der Waals surface area contributed by atoms with Gasteiger partial charge >= 0.3 is 68.9 Å². The van der Waals surface area contributed by atoms with Crippen molar-refractivity contribution in [1.82, 2.24) is 0 Å². The van der Waals surface area contributed by atoms with Gasteiger partial charge in [-0.3, -0.25) is 0 Å². The third-order valence-corrected chi connectivity index (χ3v) is 0. The van der Waals surface area contributed by atoms with Gasteiger partial charge in [0, 0.05) is 12.2 Å². The van der Waals surface area contributed by atoms with E-state index in [1.807, 2.05) is 0 Å². The molecule has 0 aromatic carbocycles.